The first-order valence-corrected chi connectivity index (χ1v) is 7.70. The molecule has 3 rings (SSSR count). The Hall–Kier alpha value is -1.64. The minimum absolute atomic E-state index is 0. The SMILES string of the molecule is CCNC(=NCc1ncnn1C)NCC1Cc2ccccc21.I. The highest BCUT2D eigenvalue weighted by atomic mass is 127. The Morgan fingerprint density at radius 3 is 2.87 bits per heavy atom. The van der Waals surface area contributed by atoms with Crippen LogP contribution in [0.25, 0.3) is 0 Å². The minimum Gasteiger partial charge on any atom is -0.357 e. The third kappa shape index (κ3) is 4.21. The first-order chi connectivity index (χ1) is 10.8. The van der Waals surface area contributed by atoms with Crippen molar-refractivity contribution < 1.29 is 0 Å². The molecule has 124 valence electrons. The van der Waals surface area contributed by atoms with Crippen LogP contribution in [0.1, 0.15) is 29.8 Å². The number of nitrogens with one attached hydrogen (secondary N) is 2. The molecule has 0 saturated heterocycles. The second-order valence-corrected chi connectivity index (χ2v) is 5.48. The summed E-state index contributed by atoms with van der Waals surface area (Å²) >= 11 is 0. The lowest BCUT2D eigenvalue weighted by molar-refractivity contribution is 0.583. The highest BCUT2D eigenvalue weighted by molar-refractivity contribution is 14.0. The van der Waals surface area contributed by atoms with Crippen molar-refractivity contribution in [2.45, 2.75) is 25.8 Å². The van der Waals surface area contributed by atoms with Crippen molar-refractivity contribution in [2.24, 2.45) is 12.0 Å². The van der Waals surface area contributed by atoms with E-state index in [4.69, 9.17) is 0 Å². The lowest BCUT2D eigenvalue weighted by atomic mass is 9.78. The molecule has 1 atom stereocenters. The minimum atomic E-state index is 0. The summed E-state index contributed by atoms with van der Waals surface area (Å²) in [5, 5.41) is 10.8. The van der Waals surface area contributed by atoms with Crippen molar-refractivity contribution in [1.29, 1.82) is 0 Å². The molecule has 7 heteroatoms. The lowest BCUT2D eigenvalue weighted by Gasteiger charge is -2.30. The maximum absolute atomic E-state index is 4.57. The van der Waals surface area contributed by atoms with Crippen LogP contribution >= 0.6 is 24.0 Å². The van der Waals surface area contributed by atoms with Crippen LogP contribution in [0.2, 0.25) is 0 Å². The van der Waals surface area contributed by atoms with Gasteiger partial charge in [-0.05, 0) is 24.5 Å². The van der Waals surface area contributed by atoms with Crippen molar-refractivity contribution in [1.82, 2.24) is 25.4 Å². The molecule has 1 aromatic heterocycles. The summed E-state index contributed by atoms with van der Waals surface area (Å²) in [4.78, 5) is 8.76. The average Bonchev–Trinajstić information content (AvgIpc) is 2.91. The predicted octanol–water partition coefficient (Wildman–Crippen LogP) is 1.83. The monoisotopic (exact) mass is 426 g/mol. The van der Waals surface area contributed by atoms with Crippen molar-refractivity contribution in [3.8, 4) is 0 Å². The summed E-state index contributed by atoms with van der Waals surface area (Å²) < 4.78 is 1.75. The molecule has 0 spiro atoms. The van der Waals surface area contributed by atoms with Crippen LogP contribution in [0.5, 0.6) is 0 Å². The Balaban J connectivity index is 0.00000192. The third-order valence-electron chi connectivity index (χ3n) is 4.01. The number of benzene rings is 1. The fourth-order valence-electron chi connectivity index (χ4n) is 2.72. The van der Waals surface area contributed by atoms with Gasteiger partial charge in [0.2, 0.25) is 0 Å². The Morgan fingerprint density at radius 1 is 1.35 bits per heavy atom. The second kappa shape index (κ2) is 8.28. The molecule has 1 aliphatic rings. The molecule has 2 N–H and O–H groups in total. The normalized spacial score (nSPS) is 16.1. The number of aliphatic imine (C=N–C) groups is 1. The molecule has 0 aliphatic heterocycles. The highest BCUT2D eigenvalue weighted by Crippen LogP contribution is 2.33. The molecule has 1 unspecified atom stereocenters. The number of halogens is 1. The number of hydrogen-bond acceptors (Lipinski definition) is 3. The summed E-state index contributed by atoms with van der Waals surface area (Å²) in [5.41, 5.74) is 2.93. The molecule has 1 aliphatic carbocycles. The topological polar surface area (TPSA) is 67.1 Å². The molecular formula is C16H23IN6. The van der Waals surface area contributed by atoms with Gasteiger partial charge in [0.15, 0.2) is 5.96 Å². The van der Waals surface area contributed by atoms with Crippen molar-refractivity contribution >= 4 is 29.9 Å². The zero-order valence-electron chi connectivity index (χ0n) is 13.5. The van der Waals surface area contributed by atoms with E-state index in [1.165, 1.54) is 11.1 Å². The van der Waals surface area contributed by atoms with Gasteiger partial charge in [0.25, 0.3) is 0 Å². The average molecular weight is 426 g/mol. The van der Waals surface area contributed by atoms with Crippen LogP contribution in [0.15, 0.2) is 35.6 Å². The van der Waals surface area contributed by atoms with Gasteiger partial charge >= 0.3 is 0 Å². The maximum atomic E-state index is 4.57. The molecule has 6 nitrogen and oxygen atoms in total. The van der Waals surface area contributed by atoms with Crippen LogP contribution in [-0.2, 0) is 20.0 Å². The number of rotatable bonds is 5. The Morgan fingerprint density at radius 2 is 2.17 bits per heavy atom. The number of guanidine groups is 1. The molecule has 23 heavy (non-hydrogen) atoms. The lowest BCUT2D eigenvalue weighted by Crippen LogP contribution is -2.41. The largest absolute Gasteiger partial charge is 0.357 e. The zero-order chi connectivity index (χ0) is 15.4. The van der Waals surface area contributed by atoms with E-state index in [1.54, 1.807) is 11.0 Å². The van der Waals surface area contributed by atoms with Gasteiger partial charge in [-0.25, -0.2) is 9.98 Å². The smallest absolute Gasteiger partial charge is 0.191 e. The molecule has 0 saturated carbocycles. The summed E-state index contributed by atoms with van der Waals surface area (Å²) in [6.45, 7) is 4.33. The molecular weight excluding hydrogens is 403 g/mol. The van der Waals surface area contributed by atoms with Gasteiger partial charge in [0.05, 0.1) is 0 Å². The van der Waals surface area contributed by atoms with Gasteiger partial charge in [-0.1, -0.05) is 24.3 Å². The van der Waals surface area contributed by atoms with Gasteiger partial charge in [-0.3, -0.25) is 4.68 Å². The van der Waals surface area contributed by atoms with Gasteiger partial charge in [0, 0.05) is 26.1 Å². The van der Waals surface area contributed by atoms with Crippen molar-refractivity contribution in [2.75, 3.05) is 13.1 Å². The van der Waals surface area contributed by atoms with Gasteiger partial charge in [-0.2, -0.15) is 5.10 Å². The molecule has 0 fully saturated rings. The van der Waals surface area contributed by atoms with Crippen LogP contribution in [-0.4, -0.2) is 33.8 Å². The number of fused-ring (bicyclic) bond motifs is 1. The van der Waals surface area contributed by atoms with Crippen molar-refractivity contribution in [3.63, 3.8) is 0 Å². The molecule has 0 bridgehead atoms. The van der Waals surface area contributed by atoms with E-state index in [1.807, 2.05) is 7.05 Å². The van der Waals surface area contributed by atoms with Crippen molar-refractivity contribution in [3.05, 3.63) is 47.5 Å². The molecule has 2 aromatic rings. The molecule has 1 aromatic carbocycles. The van der Waals surface area contributed by atoms with Crippen LogP contribution in [0.4, 0.5) is 0 Å². The van der Waals surface area contributed by atoms with Crippen LogP contribution < -0.4 is 10.6 Å². The van der Waals surface area contributed by atoms with E-state index in [2.05, 4.69) is 56.9 Å². The molecule has 0 amide bonds. The van der Waals surface area contributed by atoms with Crippen LogP contribution in [0, 0.1) is 0 Å². The van der Waals surface area contributed by atoms with Crippen LogP contribution in [0.3, 0.4) is 0 Å². The highest BCUT2D eigenvalue weighted by Gasteiger charge is 2.25. The fourth-order valence-corrected chi connectivity index (χ4v) is 2.72. The van der Waals surface area contributed by atoms with E-state index in [0.717, 1.165) is 31.3 Å². The van der Waals surface area contributed by atoms with E-state index in [-0.39, 0.29) is 24.0 Å². The Kier molecular flexibility index (Phi) is 6.37. The number of aromatic nitrogens is 3. The van der Waals surface area contributed by atoms with E-state index >= 15 is 0 Å². The van der Waals surface area contributed by atoms with Gasteiger partial charge < -0.3 is 10.6 Å². The number of hydrogen-bond donors (Lipinski definition) is 2. The molecule has 1 heterocycles. The van der Waals surface area contributed by atoms with Gasteiger partial charge in [-0.15, -0.1) is 24.0 Å². The summed E-state index contributed by atoms with van der Waals surface area (Å²) in [6, 6.07) is 8.64. The Bertz CT molecular complexity index is 666. The number of aryl methyl sites for hydroxylation is 1. The standard InChI is InChI=1S/C16H22N6.HI/c1-3-17-16(19-10-15-20-11-21-22(15)2)18-9-13-8-12-6-4-5-7-14(12)13;/h4-7,11,13H,3,8-10H2,1-2H3,(H2,17,18,19);1H. The zero-order valence-corrected chi connectivity index (χ0v) is 15.8. The van der Waals surface area contributed by atoms with E-state index < -0.39 is 0 Å². The second-order valence-electron chi connectivity index (χ2n) is 5.48. The summed E-state index contributed by atoms with van der Waals surface area (Å²) in [5.74, 6) is 2.26. The molecule has 0 radical (unpaired) electrons. The maximum Gasteiger partial charge on any atom is 0.191 e. The summed E-state index contributed by atoms with van der Waals surface area (Å²) in [6.07, 6.45) is 2.70. The number of nitrogens with zero attached hydrogens (tertiary/aromatic N) is 4. The quantitative estimate of drug-likeness (QED) is 0.435. The third-order valence-corrected chi connectivity index (χ3v) is 4.01. The fraction of sp³-hybridized carbons (Fsp3) is 0.438. The summed E-state index contributed by atoms with van der Waals surface area (Å²) in [7, 11) is 1.88. The predicted molar refractivity (Wildman–Crippen MR) is 102 cm³/mol. The first kappa shape index (κ1) is 17.7. The van der Waals surface area contributed by atoms with Gasteiger partial charge in [0.1, 0.15) is 18.7 Å². The Labute approximate surface area is 153 Å². The van der Waals surface area contributed by atoms with E-state index in [9.17, 15) is 0 Å². The first-order valence-electron chi connectivity index (χ1n) is 7.70. The van der Waals surface area contributed by atoms with E-state index in [0.29, 0.717) is 12.5 Å².